The molecule has 10 heteroatoms. The van der Waals surface area contributed by atoms with E-state index in [1.165, 1.54) is 0 Å². The number of hydrogen-bond acceptors (Lipinski definition) is 6. The number of hydrogen-bond donors (Lipinski definition) is 2. The van der Waals surface area contributed by atoms with Gasteiger partial charge < -0.3 is 29.2 Å². The fourth-order valence-electron chi connectivity index (χ4n) is 2.94. The van der Waals surface area contributed by atoms with E-state index in [9.17, 15) is 0 Å². The molecule has 1 radical (unpaired) electrons. The fourth-order valence-corrected chi connectivity index (χ4v) is 2.94. The average Bonchev–Trinajstić information content (AvgIpc) is 3.38. The molecule has 3 aromatic rings. The van der Waals surface area contributed by atoms with Crippen LogP contribution < -0.4 is 14.7 Å². The Labute approximate surface area is 181 Å². The van der Waals surface area contributed by atoms with Crippen LogP contribution in [0.25, 0.3) is 46.4 Å². The molecule has 0 fully saturated rings. The number of nitrogens with one attached hydrogen (secondary N) is 2. The third-order valence-corrected chi connectivity index (χ3v) is 4.04. The first kappa shape index (κ1) is 21.9. The van der Waals surface area contributed by atoms with E-state index in [-0.39, 0.29) is 17.1 Å². The molecule has 8 nitrogen and oxygen atoms in total. The van der Waals surface area contributed by atoms with Gasteiger partial charge in [0.1, 0.15) is 0 Å². The van der Waals surface area contributed by atoms with Crippen molar-refractivity contribution in [2.45, 2.75) is 0 Å². The zero-order valence-corrected chi connectivity index (χ0v) is 17.0. The van der Waals surface area contributed by atoms with Gasteiger partial charge in [0.15, 0.2) is 0 Å². The maximum atomic E-state index is 8.55. The SMILES string of the molecule is C1=Cc2cc3ccc(cc4ccc(cc5nc(cc1n2)C=C5)[nH]4)[nH]3.O=P([O-])([O-])[O-].[Cu]. The van der Waals surface area contributed by atoms with Crippen molar-refractivity contribution in [3.05, 3.63) is 71.3 Å². The van der Waals surface area contributed by atoms with Crippen molar-refractivity contribution in [3.8, 4) is 0 Å². The molecule has 2 N–H and O–H groups in total. The number of nitrogens with zero attached hydrogens (tertiary/aromatic N) is 2. The molecule has 30 heavy (non-hydrogen) atoms. The van der Waals surface area contributed by atoms with E-state index in [0.717, 1.165) is 44.8 Å². The molecule has 0 atom stereocenters. The first-order valence-corrected chi connectivity index (χ1v) is 10.0. The van der Waals surface area contributed by atoms with Crippen molar-refractivity contribution in [2.75, 3.05) is 0 Å². The van der Waals surface area contributed by atoms with Crippen LogP contribution in [0.5, 0.6) is 0 Å². The summed E-state index contributed by atoms with van der Waals surface area (Å²) in [5, 5.41) is 0. The fraction of sp³-hybridized carbons (Fsp3) is 0. The number of aromatic amines is 2. The zero-order valence-electron chi connectivity index (χ0n) is 15.2. The molecule has 0 aromatic carbocycles. The molecule has 157 valence electrons. The van der Waals surface area contributed by atoms with Crippen molar-refractivity contribution >= 4 is 54.2 Å². The van der Waals surface area contributed by atoms with Crippen LogP contribution in [0.15, 0.2) is 48.5 Å². The Kier molecular flexibility index (Phi) is 6.53. The van der Waals surface area contributed by atoms with E-state index >= 15 is 0 Å². The second-order valence-electron chi connectivity index (χ2n) is 6.35. The molecular weight excluding hydrogens is 455 g/mol. The van der Waals surface area contributed by atoms with Crippen LogP contribution in [-0.2, 0) is 21.6 Å². The molecule has 2 aliphatic rings. The van der Waals surface area contributed by atoms with Crippen LogP contribution in [-0.4, -0.2) is 19.9 Å². The molecule has 8 bridgehead atoms. The smallest absolute Gasteiger partial charge is 0.0659 e. The maximum absolute atomic E-state index is 8.55. The second-order valence-corrected chi connectivity index (χ2v) is 7.25. The summed E-state index contributed by atoms with van der Waals surface area (Å²) in [6, 6.07) is 16.4. The molecule has 0 aliphatic carbocycles. The van der Waals surface area contributed by atoms with Crippen LogP contribution in [0.1, 0.15) is 22.8 Å². The van der Waals surface area contributed by atoms with Crippen LogP contribution >= 0.6 is 7.82 Å². The Morgan fingerprint density at radius 1 is 0.600 bits per heavy atom. The summed E-state index contributed by atoms with van der Waals surface area (Å²) < 4.78 is 8.55. The van der Waals surface area contributed by atoms with Gasteiger partial charge in [-0.2, -0.15) is 7.82 Å². The van der Waals surface area contributed by atoms with Crippen molar-refractivity contribution in [3.63, 3.8) is 0 Å². The minimum atomic E-state index is -5.39. The monoisotopic (exact) mass is 468 g/mol. The number of rotatable bonds is 0. The zero-order chi connectivity index (χ0) is 20.4. The summed E-state index contributed by atoms with van der Waals surface area (Å²) in [5.41, 5.74) is 7.86. The predicted molar refractivity (Wildman–Crippen MR) is 106 cm³/mol. The average molecular weight is 469 g/mol. The number of aromatic nitrogens is 4. The molecule has 0 spiro atoms. The van der Waals surface area contributed by atoms with E-state index in [1.54, 1.807) is 0 Å². The van der Waals surface area contributed by atoms with Gasteiger partial charge in [0, 0.05) is 39.1 Å². The summed E-state index contributed by atoms with van der Waals surface area (Å²) in [7, 11) is -5.39. The number of H-pyrrole nitrogens is 2. The third kappa shape index (κ3) is 6.11. The molecule has 0 saturated heterocycles. The van der Waals surface area contributed by atoms with Gasteiger partial charge in [-0.15, -0.1) is 0 Å². The molecule has 2 aliphatic heterocycles. The topological polar surface area (TPSA) is 144 Å². The van der Waals surface area contributed by atoms with E-state index in [2.05, 4.69) is 50.3 Å². The van der Waals surface area contributed by atoms with Crippen LogP contribution in [0, 0.1) is 0 Å². The van der Waals surface area contributed by atoms with Gasteiger partial charge in [0.25, 0.3) is 0 Å². The third-order valence-electron chi connectivity index (χ3n) is 4.04. The van der Waals surface area contributed by atoms with E-state index in [1.807, 2.05) is 42.5 Å². The summed E-state index contributed by atoms with van der Waals surface area (Å²) in [5.74, 6) is 0. The van der Waals surface area contributed by atoms with Gasteiger partial charge in [0.2, 0.25) is 0 Å². The second kappa shape index (κ2) is 8.93. The van der Waals surface area contributed by atoms with Crippen molar-refractivity contribution in [1.82, 2.24) is 19.9 Å². The minimum absolute atomic E-state index is 0. The van der Waals surface area contributed by atoms with Crippen molar-refractivity contribution in [2.24, 2.45) is 0 Å². The van der Waals surface area contributed by atoms with Gasteiger partial charge in [-0.05, 0) is 72.8 Å². The molecular formula is C20H14CuN4O4P-3. The molecule has 0 amide bonds. The van der Waals surface area contributed by atoms with Gasteiger partial charge >= 0.3 is 0 Å². The first-order chi connectivity index (χ1) is 13.8. The molecule has 0 unspecified atom stereocenters. The van der Waals surface area contributed by atoms with Crippen molar-refractivity contribution < 1.29 is 36.3 Å². The summed E-state index contributed by atoms with van der Waals surface area (Å²) >= 11 is 0. The Hall–Kier alpha value is -2.77. The Bertz CT molecular complexity index is 1240. The van der Waals surface area contributed by atoms with Gasteiger partial charge in [0.05, 0.1) is 22.8 Å². The largest absolute Gasteiger partial charge is 0.822 e. The summed E-state index contributed by atoms with van der Waals surface area (Å²) in [6.07, 6.45) is 8.05. The van der Waals surface area contributed by atoms with Crippen LogP contribution in [0.2, 0.25) is 0 Å². The summed E-state index contributed by atoms with van der Waals surface area (Å²) in [4.78, 5) is 41.7. The van der Waals surface area contributed by atoms with Crippen LogP contribution in [0.4, 0.5) is 0 Å². The molecule has 5 rings (SSSR count). The van der Waals surface area contributed by atoms with Gasteiger partial charge in [-0.25, -0.2) is 9.97 Å². The minimum Gasteiger partial charge on any atom is -0.822 e. The number of fused-ring (bicyclic) bond motifs is 8. The molecule has 0 saturated carbocycles. The Morgan fingerprint density at radius 3 is 1.27 bits per heavy atom. The normalized spacial score (nSPS) is 12.1. The molecule has 5 heterocycles. The van der Waals surface area contributed by atoms with Gasteiger partial charge in [-0.3, -0.25) is 0 Å². The van der Waals surface area contributed by atoms with E-state index in [0.29, 0.717) is 0 Å². The standard InChI is InChI=1S/C20H14N4.Cu.H3O4P/c1-2-14-10-16-5-6-18(23-16)12-20-8-7-19(24-20)11-17-4-3-15(22-17)9-13(1)21-14;;1-5(2,3)4/h1-12,21-22H;;(H3,1,2,3,4)/p-3. The van der Waals surface area contributed by atoms with Crippen LogP contribution in [0.3, 0.4) is 0 Å². The summed E-state index contributed by atoms with van der Waals surface area (Å²) in [6.45, 7) is 0. The Morgan fingerprint density at radius 2 is 0.900 bits per heavy atom. The maximum Gasteiger partial charge on any atom is 0.0659 e. The van der Waals surface area contributed by atoms with E-state index < -0.39 is 7.82 Å². The number of phosphoric acid groups is 1. The van der Waals surface area contributed by atoms with Crippen molar-refractivity contribution in [1.29, 1.82) is 0 Å². The quantitative estimate of drug-likeness (QED) is 0.262. The van der Waals surface area contributed by atoms with E-state index in [4.69, 9.17) is 19.2 Å². The molecule has 3 aromatic heterocycles. The Balaban J connectivity index is 0.000000386. The predicted octanol–water partition coefficient (Wildman–Crippen LogP) is 1.83. The van der Waals surface area contributed by atoms with Gasteiger partial charge in [-0.1, -0.05) is 0 Å². The first-order valence-electron chi connectivity index (χ1n) is 8.58.